The molecule has 1 aromatic carbocycles. The van der Waals surface area contributed by atoms with E-state index in [9.17, 15) is 9.90 Å². The van der Waals surface area contributed by atoms with Gasteiger partial charge in [0.05, 0.1) is 12.5 Å². The molecule has 5 heteroatoms. The lowest BCUT2D eigenvalue weighted by Gasteiger charge is -2.54. The van der Waals surface area contributed by atoms with Crippen molar-refractivity contribution in [3.8, 4) is 5.75 Å². The van der Waals surface area contributed by atoms with Crippen LogP contribution in [0.15, 0.2) is 35.0 Å². The quantitative estimate of drug-likeness (QED) is 0.889. The second-order valence-corrected chi connectivity index (χ2v) is 8.39. The lowest BCUT2D eigenvalue weighted by atomic mass is 9.61. The highest BCUT2D eigenvalue weighted by molar-refractivity contribution is 7.08. The lowest BCUT2D eigenvalue weighted by Crippen LogP contribution is -2.67. The van der Waals surface area contributed by atoms with E-state index in [2.05, 4.69) is 24.2 Å². The average Bonchev–Trinajstić information content (AvgIpc) is 3.07. The van der Waals surface area contributed by atoms with Gasteiger partial charge in [-0.3, -0.25) is 4.79 Å². The summed E-state index contributed by atoms with van der Waals surface area (Å²) in [5.41, 5.74) is 3.41. The summed E-state index contributed by atoms with van der Waals surface area (Å²) >= 11 is 1.62. The number of thiophene rings is 1. The van der Waals surface area contributed by atoms with Crippen molar-refractivity contribution in [2.75, 3.05) is 13.6 Å². The number of carbonyl (C=O) groups is 1. The van der Waals surface area contributed by atoms with Crippen molar-refractivity contribution in [3.05, 3.63) is 51.7 Å². The fourth-order valence-electron chi connectivity index (χ4n) is 4.54. The van der Waals surface area contributed by atoms with E-state index in [1.54, 1.807) is 17.4 Å². The summed E-state index contributed by atoms with van der Waals surface area (Å²) in [6.07, 6.45) is 2.31. The molecule has 0 spiro atoms. The molecule has 1 aliphatic carbocycles. The van der Waals surface area contributed by atoms with E-state index in [-0.39, 0.29) is 17.4 Å². The highest BCUT2D eigenvalue weighted by atomic mass is 32.1. The zero-order valence-electron chi connectivity index (χ0n) is 14.7. The smallest absolute Gasteiger partial charge is 0.224 e. The van der Waals surface area contributed by atoms with Crippen molar-refractivity contribution in [1.82, 2.24) is 10.2 Å². The van der Waals surface area contributed by atoms with E-state index >= 15 is 0 Å². The Hall–Kier alpha value is -1.85. The van der Waals surface area contributed by atoms with Crippen LogP contribution in [0, 0.1) is 0 Å². The van der Waals surface area contributed by atoms with Gasteiger partial charge >= 0.3 is 0 Å². The van der Waals surface area contributed by atoms with E-state index in [1.807, 2.05) is 29.0 Å². The summed E-state index contributed by atoms with van der Waals surface area (Å²) in [7, 11) is 2.15. The van der Waals surface area contributed by atoms with Gasteiger partial charge in [-0.1, -0.05) is 13.0 Å². The van der Waals surface area contributed by atoms with Gasteiger partial charge in [-0.25, -0.2) is 0 Å². The molecule has 1 saturated heterocycles. The van der Waals surface area contributed by atoms with Crippen LogP contribution in [0.4, 0.5) is 0 Å². The number of hydrogen-bond donors (Lipinski definition) is 2. The first-order valence-electron chi connectivity index (χ1n) is 8.80. The first-order chi connectivity index (χ1) is 12.0. The number of phenolic OH excluding ortho intramolecular Hbond substituents is 1. The second-order valence-electron chi connectivity index (χ2n) is 7.61. The fourth-order valence-corrected chi connectivity index (χ4v) is 5.21. The van der Waals surface area contributed by atoms with Crippen molar-refractivity contribution in [2.24, 2.45) is 0 Å². The summed E-state index contributed by atoms with van der Waals surface area (Å²) in [5.74, 6) is 0.388. The van der Waals surface area contributed by atoms with E-state index in [4.69, 9.17) is 0 Å². The van der Waals surface area contributed by atoms with Crippen molar-refractivity contribution >= 4 is 17.2 Å². The van der Waals surface area contributed by atoms with Gasteiger partial charge in [0, 0.05) is 11.5 Å². The first kappa shape index (κ1) is 16.6. The summed E-state index contributed by atoms with van der Waals surface area (Å²) in [6, 6.07) is 8.07. The second kappa shape index (κ2) is 6.15. The SMILES string of the molecule is CN1CC[C@@]2(C)c3cc(O)ccc3C[C@@H]1[C@H]2NC(=O)Cc1ccsc1. The number of hydrogen-bond acceptors (Lipinski definition) is 4. The van der Waals surface area contributed by atoms with E-state index < -0.39 is 0 Å². The van der Waals surface area contributed by atoms with Crippen molar-refractivity contribution < 1.29 is 9.90 Å². The van der Waals surface area contributed by atoms with Gasteiger partial charge in [0.1, 0.15) is 5.75 Å². The molecule has 0 saturated carbocycles. The minimum atomic E-state index is -0.145. The number of fused-ring (bicyclic) bond motifs is 4. The molecule has 3 atom stereocenters. The molecule has 2 aromatic rings. The van der Waals surface area contributed by atoms with Crippen LogP contribution >= 0.6 is 11.3 Å². The van der Waals surface area contributed by atoms with E-state index in [0.717, 1.165) is 24.9 Å². The minimum Gasteiger partial charge on any atom is -0.508 e. The molecular formula is C20H24N2O2S. The number of piperidine rings is 1. The zero-order valence-corrected chi connectivity index (χ0v) is 15.5. The van der Waals surface area contributed by atoms with Crippen LogP contribution in [0.25, 0.3) is 0 Å². The third kappa shape index (κ3) is 2.85. The monoisotopic (exact) mass is 356 g/mol. The predicted molar refractivity (Wildman–Crippen MR) is 100 cm³/mol. The summed E-state index contributed by atoms with van der Waals surface area (Å²) in [5, 5.41) is 17.4. The lowest BCUT2D eigenvalue weighted by molar-refractivity contribution is -0.123. The molecule has 2 N–H and O–H groups in total. The molecule has 1 fully saturated rings. The zero-order chi connectivity index (χ0) is 17.6. The Balaban J connectivity index is 1.65. The maximum Gasteiger partial charge on any atom is 0.224 e. The number of likely N-dealkylation sites (tertiary alicyclic amines) is 1. The van der Waals surface area contributed by atoms with E-state index in [1.165, 1.54) is 11.1 Å². The van der Waals surface area contributed by atoms with Gasteiger partial charge in [-0.05, 0) is 72.1 Å². The molecule has 25 heavy (non-hydrogen) atoms. The first-order valence-corrected chi connectivity index (χ1v) is 9.75. The van der Waals surface area contributed by atoms with Gasteiger partial charge in [0.15, 0.2) is 0 Å². The number of benzene rings is 1. The molecule has 132 valence electrons. The largest absolute Gasteiger partial charge is 0.508 e. The van der Waals surface area contributed by atoms with Crippen LogP contribution < -0.4 is 5.32 Å². The van der Waals surface area contributed by atoms with Crippen molar-refractivity contribution in [1.29, 1.82) is 0 Å². The number of aromatic hydroxyl groups is 1. The Labute approximate surface area is 152 Å². The summed E-state index contributed by atoms with van der Waals surface area (Å²) in [4.78, 5) is 15.0. The van der Waals surface area contributed by atoms with Crippen LogP contribution in [-0.4, -0.2) is 41.6 Å². The van der Waals surface area contributed by atoms with Crippen LogP contribution in [0.3, 0.4) is 0 Å². The molecule has 1 aromatic heterocycles. The van der Waals surface area contributed by atoms with E-state index in [0.29, 0.717) is 18.2 Å². The van der Waals surface area contributed by atoms with Crippen molar-refractivity contribution in [3.63, 3.8) is 0 Å². The molecule has 4 nitrogen and oxygen atoms in total. The van der Waals surface area contributed by atoms with Gasteiger partial charge in [-0.2, -0.15) is 11.3 Å². The molecule has 2 bridgehead atoms. The molecule has 2 heterocycles. The van der Waals surface area contributed by atoms with Crippen LogP contribution in [0.2, 0.25) is 0 Å². The number of likely N-dealkylation sites (N-methyl/N-ethyl adjacent to an activating group) is 1. The van der Waals surface area contributed by atoms with Crippen molar-refractivity contribution in [2.45, 2.75) is 43.7 Å². The normalized spacial score (nSPS) is 28.4. The Kier molecular flexibility index (Phi) is 4.08. The Morgan fingerprint density at radius 3 is 3.04 bits per heavy atom. The fraction of sp³-hybridized carbons (Fsp3) is 0.450. The maximum atomic E-state index is 12.7. The topological polar surface area (TPSA) is 52.6 Å². The molecule has 1 aliphatic heterocycles. The number of rotatable bonds is 3. The summed E-state index contributed by atoms with van der Waals surface area (Å²) < 4.78 is 0. The van der Waals surface area contributed by atoms with Gasteiger partial charge < -0.3 is 15.3 Å². The standard InChI is InChI=1S/C20H24N2O2S/c1-20-6-7-22(2)17(10-14-3-4-15(23)11-16(14)20)19(20)21-18(24)9-13-5-8-25-12-13/h3-5,8,11-12,17,19,23H,6-7,9-10H2,1-2H3,(H,21,24)/t17-,19-,20+/m1/s1. The van der Waals surface area contributed by atoms with Gasteiger partial charge in [-0.15, -0.1) is 0 Å². The maximum absolute atomic E-state index is 12.7. The number of nitrogens with zero attached hydrogens (tertiary/aromatic N) is 1. The molecule has 0 unspecified atom stereocenters. The number of amides is 1. The third-order valence-electron chi connectivity index (χ3n) is 6.02. The number of nitrogens with one attached hydrogen (secondary N) is 1. The molecular weight excluding hydrogens is 332 g/mol. The Morgan fingerprint density at radius 2 is 2.28 bits per heavy atom. The third-order valence-corrected chi connectivity index (χ3v) is 6.75. The molecule has 1 amide bonds. The van der Waals surface area contributed by atoms with Crippen LogP contribution in [0.1, 0.15) is 30.0 Å². The molecule has 4 rings (SSSR count). The average molecular weight is 356 g/mol. The molecule has 0 radical (unpaired) electrons. The van der Waals surface area contributed by atoms with Gasteiger partial charge in [0.2, 0.25) is 5.91 Å². The Bertz CT molecular complexity index is 789. The van der Waals surface area contributed by atoms with Crippen LogP contribution in [-0.2, 0) is 23.1 Å². The highest BCUT2D eigenvalue weighted by Gasteiger charge is 2.50. The Morgan fingerprint density at radius 1 is 1.44 bits per heavy atom. The highest BCUT2D eigenvalue weighted by Crippen LogP contribution is 2.45. The van der Waals surface area contributed by atoms with Crippen LogP contribution in [0.5, 0.6) is 5.75 Å². The predicted octanol–water partition coefficient (Wildman–Crippen LogP) is 2.70. The molecule has 2 aliphatic rings. The summed E-state index contributed by atoms with van der Waals surface area (Å²) in [6.45, 7) is 3.24. The number of carbonyl (C=O) groups excluding carboxylic acids is 1. The minimum absolute atomic E-state index is 0.0617. The number of phenols is 1. The van der Waals surface area contributed by atoms with Gasteiger partial charge in [0.25, 0.3) is 0 Å².